The highest BCUT2D eigenvalue weighted by Crippen LogP contribution is 2.69. The van der Waals surface area contributed by atoms with Crippen molar-refractivity contribution in [1.82, 2.24) is 5.32 Å². The van der Waals surface area contributed by atoms with Gasteiger partial charge in [-0.1, -0.05) is 0 Å². The molecule has 0 unspecified atom stereocenters. The molecule has 4 nitrogen and oxygen atoms in total. The molecule has 0 aromatic rings. The van der Waals surface area contributed by atoms with Gasteiger partial charge in [0.25, 0.3) is 0 Å². The Kier molecular flexibility index (Phi) is 1.44. The molecule has 3 fully saturated rings. The van der Waals surface area contributed by atoms with Crippen LogP contribution in [0.3, 0.4) is 0 Å². The van der Waals surface area contributed by atoms with Gasteiger partial charge in [-0.05, 0) is 19.3 Å². The molecule has 0 saturated heterocycles. The van der Waals surface area contributed by atoms with Crippen LogP contribution in [0.25, 0.3) is 0 Å². The summed E-state index contributed by atoms with van der Waals surface area (Å²) in [6.45, 7) is -0.189. The van der Waals surface area contributed by atoms with Crippen LogP contribution in [0.4, 0.5) is 9.18 Å². The van der Waals surface area contributed by atoms with E-state index in [1.807, 2.05) is 5.32 Å². The fourth-order valence-corrected chi connectivity index (χ4v) is 2.30. The van der Waals surface area contributed by atoms with E-state index in [1.54, 1.807) is 0 Å². The van der Waals surface area contributed by atoms with E-state index >= 15 is 0 Å². The van der Waals surface area contributed by atoms with E-state index in [9.17, 15) is 14.0 Å². The Morgan fingerprint density at radius 2 is 1.92 bits per heavy atom. The van der Waals surface area contributed by atoms with Crippen molar-refractivity contribution < 1.29 is 19.1 Å². The largest absolute Gasteiger partial charge is 0.465 e. The molecule has 0 heterocycles. The average molecular weight is 187 g/mol. The molecule has 0 aromatic carbocycles. The van der Waals surface area contributed by atoms with E-state index in [2.05, 4.69) is 0 Å². The Morgan fingerprint density at radius 1 is 1.38 bits per heavy atom. The second-order valence-electron chi connectivity index (χ2n) is 4.04. The number of hydrogen-bond donors (Lipinski definition) is 2. The van der Waals surface area contributed by atoms with Crippen molar-refractivity contribution in [1.29, 1.82) is 0 Å². The van der Waals surface area contributed by atoms with Crippen molar-refractivity contribution in [2.75, 3.05) is 6.54 Å². The van der Waals surface area contributed by atoms with E-state index < -0.39 is 17.2 Å². The van der Waals surface area contributed by atoms with Crippen LogP contribution < -0.4 is 5.32 Å². The van der Waals surface area contributed by atoms with Gasteiger partial charge in [0.05, 0.1) is 6.54 Å². The number of hydrogen-bond acceptors (Lipinski definition) is 2. The topological polar surface area (TPSA) is 66.4 Å². The smallest absolute Gasteiger partial charge is 0.405 e. The number of rotatable bonds is 3. The first-order valence-electron chi connectivity index (χ1n) is 4.15. The van der Waals surface area contributed by atoms with Crippen LogP contribution in [0.5, 0.6) is 0 Å². The van der Waals surface area contributed by atoms with Crippen LogP contribution in [0.2, 0.25) is 0 Å². The van der Waals surface area contributed by atoms with E-state index in [1.165, 1.54) is 0 Å². The lowest BCUT2D eigenvalue weighted by molar-refractivity contribution is -0.211. The summed E-state index contributed by atoms with van der Waals surface area (Å²) >= 11 is 0. The van der Waals surface area contributed by atoms with Crippen molar-refractivity contribution in [3.05, 3.63) is 0 Å². The highest BCUT2D eigenvalue weighted by molar-refractivity contribution is 5.92. The van der Waals surface area contributed by atoms with Crippen LogP contribution in [0, 0.1) is 5.41 Å². The normalized spacial score (nSPS) is 40.1. The lowest BCUT2D eigenvalue weighted by Gasteiger charge is -2.64. The molecule has 2 bridgehead atoms. The van der Waals surface area contributed by atoms with Gasteiger partial charge in [0.2, 0.25) is 0 Å². The third-order valence-electron chi connectivity index (χ3n) is 2.96. The van der Waals surface area contributed by atoms with Gasteiger partial charge in [-0.15, -0.1) is 0 Å². The molecule has 1 amide bonds. The van der Waals surface area contributed by atoms with Gasteiger partial charge in [-0.25, -0.2) is 9.18 Å². The summed E-state index contributed by atoms with van der Waals surface area (Å²) in [5.41, 5.74) is -1.61. The molecule has 0 aliphatic heterocycles. The maximum Gasteiger partial charge on any atom is 0.405 e. The molecule has 0 radical (unpaired) electrons. The van der Waals surface area contributed by atoms with Gasteiger partial charge in [-0.3, -0.25) is 4.79 Å². The minimum Gasteiger partial charge on any atom is -0.465 e. The molecule has 3 aliphatic carbocycles. The molecule has 2 N–H and O–H groups in total. The summed E-state index contributed by atoms with van der Waals surface area (Å²) in [6, 6.07) is 0. The molecule has 3 saturated carbocycles. The number of carboxylic acid groups (broad SMARTS) is 1. The zero-order chi connectivity index (χ0) is 9.69. The lowest BCUT2D eigenvalue weighted by atomic mass is 9.41. The SMILES string of the molecule is O=C(O)NCC(=O)C12CC(F)(C1)C2. The van der Waals surface area contributed by atoms with Crippen molar-refractivity contribution in [3.63, 3.8) is 0 Å². The standard InChI is InChI=1S/C8H10FNO3/c9-8-2-7(3-8,4-8)5(11)1-10-6(12)13/h10H,1-4H2,(H,12,13). The van der Waals surface area contributed by atoms with E-state index in [0.717, 1.165) is 0 Å². The summed E-state index contributed by atoms with van der Waals surface area (Å²) < 4.78 is 13.0. The monoisotopic (exact) mass is 187 g/mol. The predicted molar refractivity (Wildman–Crippen MR) is 41.2 cm³/mol. The number of carbonyl (C=O) groups is 2. The van der Waals surface area contributed by atoms with Gasteiger partial charge < -0.3 is 10.4 Å². The number of Topliss-reactive ketones (excluding diaryl/α,β-unsaturated/α-hetero) is 1. The van der Waals surface area contributed by atoms with Crippen molar-refractivity contribution in [3.8, 4) is 0 Å². The molecule has 0 aromatic heterocycles. The van der Waals surface area contributed by atoms with Crippen molar-refractivity contribution in [2.45, 2.75) is 24.9 Å². The molecule has 72 valence electrons. The third-order valence-corrected chi connectivity index (χ3v) is 2.96. The maximum atomic E-state index is 13.0. The minimum atomic E-state index is -1.21. The number of halogens is 1. The predicted octanol–water partition coefficient (Wildman–Crippen LogP) is 0.715. The minimum absolute atomic E-state index is 0.172. The summed E-state index contributed by atoms with van der Waals surface area (Å²) in [5, 5.41) is 10.2. The fourth-order valence-electron chi connectivity index (χ4n) is 2.30. The number of alkyl halides is 1. The van der Waals surface area contributed by atoms with Crippen LogP contribution >= 0.6 is 0 Å². The molecule has 13 heavy (non-hydrogen) atoms. The lowest BCUT2D eigenvalue weighted by Crippen LogP contribution is -2.68. The Morgan fingerprint density at radius 3 is 2.31 bits per heavy atom. The first-order valence-corrected chi connectivity index (χ1v) is 4.15. The van der Waals surface area contributed by atoms with Gasteiger partial charge in [0.15, 0.2) is 5.78 Å². The van der Waals surface area contributed by atoms with Crippen LogP contribution in [0.15, 0.2) is 0 Å². The second-order valence-corrected chi connectivity index (χ2v) is 4.04. The summed E-state index contributed by atoms with van der Waals surface area (Å²) in [7, 11) is 0. The number of nitrogens with one attached hydrogen (secondary N) is 1. The highest BCUT2D eigenvalue weighted by Gasteiger charge is 2.72. The van der Waals surface area contributed by atoms with Gasteiger partial charge >= 0.3 is 6.09 Å². The Hall–Kier alpha value is -1.13. The van der Waals surface area contributed by atoms with Gasteiger partial charge in [-0.2, -0.15) is 0 Å². The molecule has 5 heteroatoms. The maximum absolute atomic E-state index is 13.0. The van der Waals surface area contributed by atoms with Gasteiger partial charge in [0, 0.05) is 5.41 Å². The zero-order valence-corrected chi connectivity index (χ0v) is 6.97. The van der Waals surface area contributed by atoms with Crippen molar-refractivity contribution >= 4 is 11.9 Å². The van der Waals surface area contributed by atoms with Crippen LogP contribution in [-0.4, -0.2) is 29.2 Å². The van der Waals surface area contributed by atoms with Crippen LogP contribution in [-0.2, 0) is 4.79 Å². The van der Waals surface area contributed by atoms with E-state index in [0.29, 0.717) is 19.3 Å². The van der Waals surface area contributed by atoms with Gasteiger partial charge in [0.1, 0.15) is 5.67 Å². The highest BCUT2D eigenvalue weighted by atomic mass is 19.1. The summed E-state index contributed by atoms with van der Waals surface area (Å²) in [6.07, 6.45) is -0.338. The first-order chi connectivity index (χ1) is 5.96. The average Bonchev–Trinajstić information content (AvgIpc) is 1.92. The Balaban J connectivity index is 1.83. The molecule has 0 atom stereocenters. The molecule has 3 aliphatic rings. The number of amides is 1. The second kappa shape index (κ2) is 2.21. The van der Waals surface area contributed by atoms with E-state index in [-0.39, 0.29) is 12.3 Å². The molecular formula is C8H10FNO3. The van der Waals surface area contributed by atoms with Crippen molar-refractivity contribution in [2.24, 2.45) is 5.41 Å². The van der Waals surface area contributed by atoms with Crippen LogP contribution in [0.1, 0.15) is 19.3 Å². The fraction of sp³-hybridized carbons (Fsp3) is 0.750. The zero-order valence-electron chi connectivity index (χ0n) is 6.97. The number of ketones is 1. The molecular weight excluding hydrogens is 177 g/mol. The van der Waals surface area contributed by atoms with E-state index in [4.69, 9.17) is 5.11 Å². The Bertz CT molecular complexity index is 269. The molecule has 3 rings (SSSR count). The Labute approximate surface area is 74.1 Å². The quantitative estimate of drug-likeness (QED) is 0.684. The first kappa shape index (κ1) is 8.47. The molecule has 0 spiro atoms. The third kappa shape index (κ3) is 1.10. The summed E-state index contributed by atoms with van der Waals surface area (Å²) in [5.74, 6) is -0.172. The number of carbonyl (C=O) groups excluding carboxylic acids is 1. The summed E-state index contributed by atoms with van der Waals surface area (Å²) in [4.78, 5) is 21.4.